The number of Topliss-reactive ketones (excluding diaryl/α,β-unsaturated/α-hetero) is 1. The number of thioether (sulfide) groups is 1. The highest BCUT2D eigenvalue weighted by Crippen LogP contribution is 2.28. The van der Waals surface area contributed by atoms with Gasteiger partial charge in [-0.15, -0.1) is 10.2 Å². The quantitative estimate of drug-likeness (QED) is 0.421. The Bertz CT molecular complexity index is 960. The third-order valence-corrected chi connectivity index (χ3v) is 4.58. The van der Waals surface area contributed by atoms with Crippen molar-refractivity contribution in [3.8, 4) is 17.2 Å². The molecule has 5 nitrogen and oxygen atoms in total. The van der Waals surface area contributed by atoms with E-state index < -0.39 is 6.61 Å². The minimum Gasteiger partial charge on any atom is -0.434 e. The molecule has 8 heteroatoms. The van der Waals surface area contributed by atoms with E-state index in [1.807, 2.05) is 31.2 Å². The first-order chi connectivity index (χ1) is 12.9. The predicted molar refractivity (Wildman–Crippen MR) is 97.3 cm³/mol. The zero-order valence-corrected chi connectivity index (χ0v) is 15.4. The summed E-state index contributed by atoms with van der Waals surface area (Å²) in [6.45, 7) is 0.695. The second-order valence-corrected chi connectivity index (χ2v) is 6.70. The molecule has 0 unspecified atom stereocenters. The van der Waals surface area contributed by atoms with Gasteiger partial charge in [0.1, 0.15) is 5.75 Å². The minimum absolute atomic E-state index is 0.0432. The van der Waals surface area contributed by atoms with Gasteiger partial charge in [-0.25, -0.2) is 0 Å². The topological polar surface area (TPSA) is 65.2 Å². The summed E-state index contributed by atoms with van der Waals surface area (Å²) in [5, 5.41) is 8.15. The van der Waals surface area contributed by atoms with Gasteiger partial charge in [-0.2, -0.15) is 8.78 Å². The monoisotopic (exact) mass is 390 g/mol. The van der Waals surface area contributed by atoms with E-state index in [4.69, 9.17) is 4.42 Å². The first-order valence-electron chi connectivity index (χ1n) is 8.05. The van der Waals surface area contributed by atoms with E-state index in [0.29, 0.717) is 5.89 Å². The third kappa shape index (κ3) is 4.71. The zero-order chi connectivity index (χ0) is 19.4. The molecule has 1 aromatic heterocycles. The molecule has 0 amide bonds. The molecule has 0 aliphatic rings. The van der Waals surface area contributed by atoms with Gasteiger partial charge < -0.3 is 9.15 Å². The highest BCUT2D eigenvalue weighted by molar-refractivity contribution is 7.99. The highest BCUT2D eigenvalue weighted by Gasteiger charge is 2.18. The Kier molecular flexibility index (Phi) is 5.85. The molecule has 1 heterocycles. The van der Waals surface area contributed by atoms with Gasteiger partial charge in [-0.3, -0.25) is 4.79 Å². The summed E-state index contributed by atoms with van der Waals surface area (Å²) in [6, 6.07) is 12.1. The third-order valence-electron chi connectivity index (χ3n) is 3.76. The molecule has 0 saturated carbocycles. The van der Waals surface area contributed by atoms with Crippen LogP contribution in [0, 0.1) is 13.8 Å². The first-order valence-corrected chi connectivity index (χ1v) is 9.03. The molecule has 0 radical (unpaired) electrons. The number of ether oxygens (including phenoxy) is 1. The molecule has 140 valence electrons. The van der Waals surface area contributed by atoms with Gasteiger partial charge >= 0.3 is 6.61 Å². The van der Waals surface area contributed by atoms with Gasteiger partial charge in [0.2, 0.25) is 5.89 Å². The molecule has 0 fully saturated rings. The summed E-state index contributed by atoms with van der Waals surface area (Å²) in [6.07, 6.45) is 0. The summed E-state index contributed by atoms with van der Waals surface area (Å²) in [7, 11) is 0. The number of nitrogens with zero attached hydrogens (tertiary/aromatic N) is 2. The van der Waals surface area contributed by atoms with Gasteiger partial charge in [0.15, 0.2) is 5.78 Å². The summed E-state index contributed by atoms with van der Waals surface area (Å²) < 4.78 is 35.1. The Balaban J connectivity index is 1.72. The fraction of sp³-hybridized carbons (Fsp3) is 0.211. The molecular weight excluding hydrogens is 374 g/mol. The number of benzene rings is 2. The van der Waals surface area contributed by atoms with Crippen LogP contribution >= 0.6 is 11.8 Å². The van der Waals surface area contributed by atoms with E-state index in [2.05, 4.69) is 14.9 Å². The van der Waals surface area contributed by atoms with Crippen molar-refractivity contribution >= 4 is 17.5 Å². The molecule has 2 aromatic carbocycles. The standard InChI is InChI=1S/C19H16F2N2O3S/c1-11-7-8-16(25-18(20)21)14(9-11)15(24)10-27-19-23-22-17(26-19)13-6-4-3-5-12(13)2/h3-9,18H,10H2,1-2H3. The van der Waals surface area contributed by atoms with Crippen LogP contribution in [0.5, 0.6) is 5.75 Å². The van der Waals surface area contributed by atoms with E-state index in [-0.39, 0.29) is 28.1 Å². The Morgan fingerprint density at radius 2 is 1.96 bits per heavy atom. The number of rotatable bonds is 7. The highest BCUT2D eigenvalue weighted by atomic mass is 32.2. The maximum absolute atomic E-state index is 12.5. The van der Waals surface area contributed by atoms with Crippen LogP contribution in [-0.2, 0) is 0 Å². The lowest BCUT2D eigenvalue weighted by Gasteiger charge is -2.10. The number of hydrogen-bond acceptors (Lipinski definition) is 6. The lowest BCUT2D eigenvalue weighted by atomic mass is 10.1. The van der Waals surface area contributed by atoms with Gasteiger partial charge in [0.25, 0.3) is 5.22 Å². The first kappa shape index (κ1) is 19.0. The van der Waals surface area contributed by atoms with Crippen molar-refractivity contribution < 1.29 is 22.7 Å². The van der Waals surface area contributed by atoms with Crippen molar-refractivity contribution in [1.29, 1.82) is 0 Å². The Morgan fingerprint density at radius 1 is 1.19 bits per heavy atom. The van der Waals surface area contributed by atoms with Crippen LogP contribution < -0.4 is 4.74 Å². The lowest BCUT2D eigenvalue weighted by Crippen LogP contribution is -2.10. The minimum atomic E-state index is -3.00. The summed E-state index contributed by atoms with van der Waals surface area (Å²) in [5.41, 5.74) is 2.67. The van der Waals surface area contributed by atoms with Crippen molar-refractivity contribution in [2.45, 2.75) is 25.7 Å². The molecule has 0 saturated heterocycles. The van der Waals surface area contributed by atoms with E-state index in [9.17, 15) is 13.6 Å². The fourth-order valence-electron chi connectivity index (χ4n) is 2.46. The van der Waals surface area contributed by atoms with Gasteiger partial charge in [0, 0.05) is 5.56 Å². The normalized spacial score (nSPS) is 11.0. The number of halogens is 2. The molecule has 0 aliphatic heterocycles. The fourth-order valence-corrected chi connectivity index (χ4v) is 3.10. The Hall–Kier alpha value is -2.74. The predicted octanol–water partition coefficient (Wildman–Crippen LogP) is 4.93. The van der Waals surface area contributed by atoms with Crippen molar-refractivity contribution in [3.63, 3.8) is 0 Å². The van der Waals surface area contributed by atoms with Crippen LogP contribution in [0.25, 0.3) is 11.5 Å². The van der Waals surface area contributed by atoms with Crippen LogP contribution in [0.3, 0.4) is 0 Å². The van der Waals surface area contributed by atoms with E-state index in [0.717, 1.165) is 28.5 Å². The molecule has 0 spiro atoms. The van der Waals surface area contributed by atoms with Crippen molar-refractivity contribution in [1.82, 2.24) is 10.2 Å². The molecule has 0 N–H and O–H groups in total. The molecule has 3 aromatic rings. The summed E-state index contributed by atoms with van der Waals surface area (Å²) in [5.74, 6) is -0.194. The number of carbonyl (C=O) groups is 1. The number of hydrogen-bond donors (Lipinski definition) is 0. The van der Waals surface area contributed by atoms with E-state index >= 15 is 0 Å². The Morgan fingerprint density at radius 3 is 2.70 bits per heavy atom. The van der Waals surface area contributed by atoms with Gasteiger partial charge in [-0.1, -0.05) is 41.6 Å². The SMILES string of the molecule is Cc1ccc(OC(F)F)c(C(=O)CSc2nnc(-c3ccccc3C)o2)c1. The average Bonchev–Trinajstić information content (AvgIpc) is 3.10. The zero-order valence-electron chi connectivity index (χ0n) is 14.6. The van der Waals surface area contributed by atoms with E-state index in [1.165, 1.54) is 12.1 Å². The number of aryl methyl sites for hydroxylation is 2. The summed E-state index contributed by atoms with van der Waals surface area (Å²) >= 11 is 1.05. The van der Waals surface area contributed by atoms with Gasteiger partial charge in [0.05, 0.1) is 11.3 Å². The van der Waals surface area contributed by atoms with Crippen LogP contribution in [0.1, 0.15) is 21.5 Å². The van der Waals surface area contributed by atoms with Crippen LogP contribution in [0.2, 0.25) is 0 Å². The average molecular weight is 390 g/mol. The second kappa shape index (κ2) is 8.30. The maximum Gasteiger partial charge on any atom is 0.387 e. The van der Waals surface area contributed by atoms with Crippen molar-refractivity contribution in [2.24, 2.45) is 0 Å². The number of aromatic nitrogens is 2. The lowest BCUT2D eigenvalue weighted by molar-refractivity contribution is -0.0501. The molecular formula is C19H16F2N2O3S. The molecule has 0 bridgehead atoms. The molecule has 27 heavy (non-hydrogen) atoms. The number of alkyl halides is 2. The van der Waals surface area contributed by atoms with Crippen molar-refractivity contribution in [3.05, 3.63) is 59.2 Å². The Labute approximate surface area is 158 Å². The number of ketones is 1. The van der Waals surface area contributed by atoms with E-state index in [1.54, 1.807) is 13.0 Å². The number of carbonyl (C=O) groups excluding carboxylic acids is 1. The van der Waals surface area contributed by atoms with Crippen LogP contribution in [-0.4, -0.2) is 28.3 Å². The molecule has 0 aliphatic carbocycles. The second-order valence-electron chi connectivity index (χ2n) is 5.78. The smallest absolute Gasteiger partial charge is 0.387 e. The maximum atomic E-state index is 12.5. The largest absolute Gasteiger partial charge is 0.434 e. The van der Waals surface area contributed by atoms with Gasteiger partial charge in [-0.05, 0) is 37.6 Å². The van der Waals surface area contributed by atoms with Crippen LogP contribution in [0.4, 0.5) is 8.78 Å². The summed E-state index contributed by atoms with van der Waals surface area (Å²) in [4.78, 5) is 12.5. The molecule has 0 atom stereocenters. The molecule has 3 rings (SSSR count). The van der Waals surface area contributed by atoms with Crippen LogP contribution in [0.15, 0.2) is 52.1 Å². The van der Waals surface area contributed by atoms with Crippen molar-refractivity contribution in [2.75, 3.05) is 5.75 Å².